The number of carbonyl (C=O) groups excluding carboxylic acids is 1. The van der Waals surface area contributed by atoms with Gasteiger partial charge in [-0.2, -0.15) is 0 Å². The van der Waals surface area contributed by atoms with Crippen molar-refractivity contribution in [3.8, 4) is 0 Å². The molecule has 2 N–H and O–H groups in total. The van der Waals surface area contributed by atoms with Crippen LogP contribution in [0.3, 0.4) is 0 Å². The van der Waals surface area contributed by atoms with Gasteiger partial charge in [0.05, 0.1) is 6.04 Å². The van der Waals surface area contributed by atoms with Crippen molar-refractivity contribution in [3.63, 3.8) is 0 Å². The van der Waals surface area contributed by atoms with Gasteiger partial charge in [-0.05, 0) is 23.3 Å². The predicted molar refractivity (Wildman–Crippen MR) is 86.4 cm³/mol. The van der Waals surface area contributed by atoms with Gasteiger partial charge in [-0.15, -0.1) is 12.4 Å². The molecule has 0 aliphatic carbocycles. The maximum Gasteiger partial charge on any atom is 0.242 e. The number of likely N-dealkylation sites (tertiary alicyclic amines) is 1. The molecule has 1 saturated heterocycles. The molecule has 1 aliphatic heterocycles. The Labute approximate surface area is 135 Å². The molecule has 110 valence electrons. The summed E-state index contributed by atoms with van der Waals surface area (Å²) >= 11 is 6.02. The highest BCUT2D eigenvalue weighted by Crippen LogP contribution is 2.35. The van der Waals surface area contributed by atoms with Gasteiger partial charge < -0.3 is 10.6 Å². The maximum absolute atomic E-state index is 12.0. The van der Waals surface area contributed by atoms with E-state index in [2.05, 4.69) is 0 Å². The van der Waals surface area contributed by atoms with Crippen LogP contribution in [0, 0.1) is 0 Å². The third-order valence-corrected chi connectivity index (χ3v) is 3.87. The van der Waals surface area contributed by atoms with Gasteiger partial charge in [0.15, 0.2) is 0 Å². The number of hydrogen-bond donors (Lipinski definition) is 1. The van der Waals surface area contributed by atoms with Crippen LogP contribution in [0.2, 0.25) is 5.02 Å². The van der Waals surface area contributed by atoms with Crippen LogP contribution in [0.5, 0.6) is 0 Å². The number of nitrogens with zero attached hydrogens (tertiary/aromatic N) is 1. The van der Waals surface area contributed by atoms with Crippen LogP contribution in [-0.4, -0.2) is 16.8 Å². The lowest BCUT2D eigenvalue weighted by Crippen LogP contribution is -2.62. The van der Waals surface area contributed by atoms with Crippen LogP contribution in [0.25, 0.3) is 0 Å². The fourth-order valence-electron chi connectivity index (χ4n) is 2.61. The van der Waals surface area contributed by atoms with E-state index < -0.39 is 6.04 Å². The summed E-state index contributed by atoms with van der Waals surface area (Å²) in [5, 5.41) is 0.661. The first-order valence-corrected chi connectivity index (χ1v) is 6.90. The van der Waals surface area contributed by atoms with Crippen molar-refractivity contribution in [1.29, 1.82) is 0 Å². The zero-order valence-corrected chi connectivity index (χ0v) is 12.8. The van der Waals surface area contributed by atoms with Crippen molar-refractivity contribution in [2.75, 3.05) is 0 Å². The molecule has 5 heteroatoms. The summed E-state index contributed by atoms with van der Waals surface area (Å²) < 4.78 is 0. The van der Waals surface area contributed by atoms with E-state index in [1.807, 2.05) is 54.6 Å². The highest BCUT2D eigenvalue weighted by atomic mass is 35.5. The highest BCUT2D eigenvalue weighted by molar-refractivity contribution is 6.30. The Kier molecular flexibility index (Phi) is 4.88. The van der Waals surface area contributed by atoms with Crippen LogP contribution in [0.15, 0.2) is 54.6 Å². The summed E-state index contributed by atoms with van der Waals surface area (Å²) in [6.45, 7) is 0.574. The molecule has 3 rings (SSSR count). The molecule has 2 unspecified atom stereocenters. The molecule has 1 heterocycles. The third kappa shape index (κ3) is 3.05. The number of nitrogens with two attached hydrogens (primary N) is 1. The van der Waals surface area contributed by atoms with E-state index in [0.29, 0.717) is 11.6 Å². The minimum Gasteiger partial charge on any atom is -0.328 e. The van der Waals surface area contributed by atoms with Crippen LogP contribution in [-0.2, 0) is 11.3 Å². The number of hydrogen-bond acceptors (Lipinski definition) is 2. The molecule has 3 nitrogen and oxygen atoms in total. The van der Waals surface area contributed by atoms with Crippen molar-refractivity contribution in [1.82, 2.24) is 4.90 Å². The summed E-state index contributed by atoms with van der Waals surface area (Å²) in [7, 11) is 0. The zero-order valence-electron chi connectivity index (χ0n) is 11.3. The predicted octanol–water partition coefficient (Wildman–Crippen LogP) is 3.17. The van der Waals surface area contributed by atoms with Gasteiger partial charge in [0.1, 0.15) is 6.04 Å². The topological polar surface area (TPSA) is 46.3 Å². The molecule has 0 spiro atoms. The summed E-state index contributed by atoms with van der Waals surface area (Å²) in [5.74, 6) is -0.0150. The second-order valence-corrected chi connectivity index (χ2v) is 5.41. The number of rotatable bonds is 3. The van der Waals surface area contributed by atoms with Crippen LogP contribution in [0.1, 0.15) is 17.2 Å². The molecule has 1 fully saturated rings. The largest absolute Gasteiger partial charge is 0.328 e. The molecule has 1 aliphatic rings. The first-order valence-electron chi connectivity index (χ1n) is 6.52. The molecule has 21 heavy (non-hydrogen) atoms. The normalized spacial score (nSPS) is 20.7. The lowest BCUT2D eigenvalue weighted by molar-refractivity contribution is -0.150. The standard InChI is InChI=1S/C16H15ClN2O.ClH/c17-13-8-4-7-12(9-13)15-14(18)16(20)19(15)10-11-5-2-1-3-6-11;/h1-9,14-15H,10,18H2;1H. The first kappa shape index (κ1) is 15.8. The van der Waals surface area contributed by atoms with Crippen LogP contribution >= 0.6 is 24.0 Å². The minimum atomic E-state index is -0.475. The summed E-state index contributed by atoms with van der Waals surface area (Å²) in [6, 6.07) is 16.9. The second kappa shape index (κ2) is 6.48. The fourth-order valence-corrected chi connectivity index (χ4v) is 2.81. The maximum atomic E-state index is 12.0. The Bertz CT molecular complexity index is 633. The van der Waals surface area contributed by atoms with Gasteiger partial charge in [-0.1, -0.05) is 54.1 Å². The molecule has 2 aromatic carbocycles. The quantitative estimate of drug-likeness (QED) is 0.882. The van der Waals surface area contributed by atoms with Gasteiger partial charge in [0.25, 0.3) is 0 Å². The smallest absolute Gasteiger partial charge is 0.242 e. The highest BCUT2D eigenvalue weighted by Gasteiger charge is 2.45. The molecule has 2 aromatic rings. The Balaban J connectivity index is 0.00000161. The lowest BCUT2D eigenvalue weighted by Gasteiger charge is -2.45. The molecule has 0 aromatic heterocycles. The molecular weight excluding hydrogens is 307 g/mol. The van der Waals surface area contributed by atoms with Crippen molar-refractivity contribution in [2.24, 2.45) is 5.73 Å². The van der Waals surface area contributed by atoms with Gasteiger partial charge >= 0.3 is 0 Å². The van der Waals surface area contributed by atoms with Crippen molar-refractivity contribution >= 4 is 29.9 Å². The molecule has 0 radical (unpaired) electrons. The van der Waals surface area contributed by atoms with Gasteiger partial charge in [-0.3, -0.25) is 4.79 Å². The van der Waals surface area contributed by atoms with E-state index in [9.17, 15) is 4.79 Å². The minimum absolute atomic E-state index is 0. The molecule has 1 amide bonds. The van der Waals surface area contributed by atoms with Gasteiger partial charge in [0, 0.05) is 11.6 Å². The van der Waals surface area contributed by atoms with E-state index in [1.54, 1.807) is 4.90 Å². The van der Waals surface area contributed by atoms with Crippen molar-refractivity contribution < 1.29 is 4.79 Å². The molecular formula is C16H16Cl2N2O. The Morgan fingerprint density at radius 3 is 2.48 bits per heavy atom. The third-order valence-electron chi connectivity index (χ3n) is 3.63. The van der Waals surface area contributed by atoms with E-state index in [1.165, 1.54) is 0 Å². The molecule has 0 bridgehead atoms. The number of amides is 1. The van der Waals surface area contributed by atoms with Crippen molar-refractivity contribution in [3.05, 3.63) is 70.7 Å². The number of benzene rings is 2. The first-order chi connectivity index (χ1) is 9.66. The molecule has 0 saturated carbocycles. The summed E-state index contributed by atoms with van der Waals surface area (Å²) in [6.07, 6.45) is 0. The van der Waals surface area contributed by atoms with Crippen LogP contribution in [0.4, 0.5) is 0 Å². The van der Waals surface area contributed by atoms with Crippen molar-refractivity contribution in [2.45, 2.75) is 18.6 Å². The Morgan fingerprint density at radius 1 is 1.10 bits per heavy atom. The van der Waals surface area contributed by atoms with E-state index in [0.717, 1.165) is 11.1 Å². The van der Waals surface area contributed by atoms with Gasteiger partial charge in [0.2, 0.25) is 5.91 Å². The Morgan fingerprint density at radius 2 is 1.81 bits per heavy atom. The summed E-state index contributed by atoms with van der Waals surface area (Å²) in [4.78, 5) is 13.8. The second-order valence-electron chi connectivity index (χ2n) is 4.98. The van der Waals surface area contributed by atoms with E-state index >= 15 is 0 Å². The van der Waals surface area contributed by atoms with Crippen LogP contribution < -0.4 is 5.73 Å². The monoisotopic (exact) mass is 322 g/mol. The summed E-state index contributed by atoms with van der Waals surface area (Å²) in [5.41, 5.74) is 8.04. The van der Waals surface area contributed by atoms with Gasteiger partial charge in [-0.25, -0.2) is 0 Å². The number of carbonyl (C=O) groups is 1. The SMILES string of the molecule is Cl.NC1C(=O)N(Cc2ccccc2)C1c1cccc(Cl)c1. The zero-order chi connectivity index (χ0) is 14.1. The average molecular weight is 323 g/mol. The number of halogens is 2. The molecule has 2 atom stereocenters. The fraction of sp³-hybridized carbons (Fsp3) is 0.188. The van der Waals surface area contributed by atoms with E-state index in [-0.39, 0.29) is 24.4 Å². The number of β-lactam (4-membered cyclic amide) rings is 1. The average Bonchev–Trinajstić information content (AvgIpc) is 2.47. The Hall–Kier alpha value is -1.55. The van der Waals surface area contributed by atoms with E-state index in [4.69, 9.17) is 17.3 Å². The lowest BCUT2D eigenvalue weighted by atomic mass is 9.88.